The summed E-state index contributed by atoms with van der Waals surface area (Å²) in [5, 5.41) is 0. The number of rotatable bonds is 0. The van der Waals surface area contributed by atoms with E-state index in [4.69, 9.17) is 0 Å². The van der Waals surface area contributed by atoms with Gasteiger partial charge in [0.2, 0.25) is 5.78 Å². The predicted octanol–water partition coefficient (Wildman–Crippen LogP) is 2.47. The molecule has 2 aromatic rings. The second-order valence-electron chi connectivity index (χ2n) is 3.61. The Morgan fingerprint density at radius 3 is 3.00 bits per heavy atom. The average Bonchev–Trinajstić information content (AvgIpc) is 2.69. The molecule has 0 radical (unpaired) electrons. The van der Waals surface area contributed by atoms with Gasteiger partial charge in [0.1, 0.15) is 5.69 Å². The van der Waals surface area contributed by atoms with Crippen LogP contribution < -0.4 is 0 Å². The van der Waals surface area contributed by atoms with Crippen molar-refractivity contribution >= 4 is 17.1 Å². The van der Waals surface area contributed by atoms with E-state index in [1.165, 1.54) is 0 Å². The van der Waals surface area contributed by atoms with Gasteiger partial charge in [-0.3, -0.25) is 4.79 Å². The number of thiazole rings is 1. The van der Waals surface area contributed by atoms with Gasteiger partial charge in [0.15, 0.2) is 0 Å². The average molecular weight is 215 g/mol. The van der Waals surface area contributed by atoms with Crippen LogP contribution in [0.5, 0.6) is 0 Å². The Balaban J connectivity index is 2.22. The van der Waals surface area contributed by atoms with Crippen molar-refractivity contribution in [3.63, 3.8) is 0 Å². The molecule has 1 aliphatic rings. The maximum Gasteiger partial charge on any atom is 0.212 e. The van der Waals surface area contributed by atoms with Crippen molar-refractivity contribution in [3.8, 4) is 0 Å². The molecule has 0 aliphatic heterocycles. The summed E-state index contributed by atoms with van der Waals surface area (Å²) in [6, 6.07) is 7.82. The third-order valence-corrected chi connectivity index (χ3v) is 3.63. The van der Waals surface area contributed by atoms with Crippen LogP contribution in [0.1, 0.15) is 26.5 Å². The van der Waals surface area contributed by atoms with E-state index < -0.39 is 0 Å². The third-order valence-electron chi connectivity index (χ3n) is 2.74. The first kappa shape index (κ1) is 8.80. The van der Waals surface area contributed by atoms with E-state index in [2.05, 4.69) is 4.98 Å². The monoisotopic (exact) mass is 215 g/mol. The summed E-state index contributed by atoms with van der Waals surface area (Å²) in [7, 11) is 0. The molecule has 3 heteroatoms. The summed E-state index contributed by atoms with van der Waals surface area (Å²) < 4.78 is 0. The Morgan fingerprint density at radius 2 is 2.07 bits per heavy atom. The van der Waals surface area contributed by atoms with Crippen molar-refractivity contribution in [3.05, 3.63) is 51.5 Å². The zero-order valence-electron chi connectivity index (χ0n) is 8.06. The summed E-state index contributed by atoms with van der Waals surface area (Å²) in [5.74, 6) is 0.0827. The molecule has 1 aromatic carbocycles. The fourth-order valence-electron chi connectivity index (χ4n) is 1.97. The highest BCUT2D eigenvalue weighted by Gasteiger charge is 2.22. The molecule has 0 saturated carbocycles. The van der Waals surface area contributed by atoms with Crippen LogP contribution >= 0.6 is 11.3 Å². The predicted molar refractivity (Wildman–Crippen MR) is 59.4 cm³/mol. The highest BCUT2D eigenvalue weighted by atomic mass is 32.1. The number of carbonyl (C=O) groups excluding carboxylic acids is 1. The number of aromatic nitrogens is 1. The number of hydrogen-bond donors (Lipinski definition) is 0. The molecule has 0 unspecified atom stereocenters. The van der Waals surface area contributed by atoms with E-state index in [0.29, 0.717) is 5.69 Å². The highest BCUT2D eigenvalue weighted by molar-refractivity contribution is 7.10. The minimum absolute atomic E-state index is 0.0827. The van der Waals surface area contributed by atoms with Crippen LogP contribution in [-0.2, 0) is 12.8 Å². The Kier molecular flexibility index (Phi) is 1.92. The van der Waals surface area contributed by atoms with E-state index in [0.717, 1.165) is 28.8 Å². The normalized spacial score (nSPS) is 14.3. The Labute approximate surface area is 91.6 Å². The number of fused-ring (bicyclic) bond motifs is 2. The van der Waals surface area contributed by atoms with Crippen molar-refractivity contribution in [1.29, 1.82) is 0 Å². The van der Waals surface area contributed by atoms with Crippen molar-refractivity contribution in [2.45, 2.75) is 12.8 Å². The molecule has 0 fully saturated rings. The topological polar surface area (TPSA) is 30.0 Å². The van der Waals surface area contributed by atoms with Gasteiger partial charge in [-0.25, -0.2) is 4.98 Å². The first-order chi connectivity index (χ1) is 7.36. The minimum atomic E-state index is 0.0827. The van der Waals surface area contributed by atoms with Crippen LogP contribution in [0.15, 0.2) is 29.8 Å². The largest absolute Gasteiger partial charge is 0.287 e. The lowest BCUT2D eigenvalue weighted by molar-refractivity contribution is 0.103. The Bertz CT molecular complexity index is 530. The van der Waals surface area contributed by atoms with Crippen LogP contribution in [0, 0.1) is 0 Å². The molecule has 0 amide bonds. The smallest absolute Gasteiger partial charge is 0.212 e. The molecule has 0 N–H and O–H groups in total. The fraction of sp³-hybridized carbons (Fsp3) is 0.167. The third kappa shape index (κ3) is 1.31. The second kappa shape index (κ2) is 3.28. The van der Waals surface area contributed by atoms with Crippen molar-refractivity contribution in [1.82, 2.24) is 4.98 Å². The molecule has 74 valence electrons. The molecule has 15 heavy (non-hydrogen) atoms. The van der Waals surface area contributed by atoms with Crippen molar-refractivity contribution in [2.75, 3.05) is 0 Å². The van der Waals surface area contributed by atoms with Gasteiger partial charge in [0.05, 0.1) is 5.51 Å². The summed E-state index contributed by atoms with van der Waals surface area (Å²) in [6.45, 7) is 0. The highest BCUT2D eigenvalue weighted by Crippen LogP contribution is 2.25. The summed E-state index contributed by atoms with van der Waals surface area (Å²) >= 11 is 1.58. The van der Waals surface area contributed by atoms with Crippen LogP contribution in [-0.4, -0.2) is 10.8 Å². The first-order valence-electron chi connectivity index (χ1n) is 4.91. The molecule has 1 aromatic heterocycles. The van der Waals surface area contributed by atoms with Gasteiger partial charge in [-0.1, -0.05) is 24.3 Å². The molecular weight excluding hydrogens is 206 g/mol. The van der Waals surface area contributed by atoms with E-state index in [1.54, 1.807) is 16.8 Å². The zero-order chi connectivity index (χ0) is 10.3. The Morgan fingerprint density at radius 1 is 1.20 bits per heavy atom. The van der Waals surface area contributed by atoms with E-state index in [1.807, 2.05) is 24.3 Å². The van der Waals surface area contributed by atoms with Crippen LogP contribution in [0.25, 0.3) is 0 Å². The van der Waals surface area contributed by atoms with E-state index >= 15 is 0 Å². The number of carbonyl (C=O) groups is 1. The Hall–Kier alpha value is -1.48. The SMILES string of the molecule is O=C1c2ccccc2CCc2scnc21. The molecule has 1 heterocycles. The molecule has 0 saturated heterocycles. The maximum atomic E-state index is 12.1. The fourth-order valence-corrected chi connectivity index (χ4v) is 2.73. The molecular formula is C12H9NOS. The molecule has 0 bridgehead atoms. The van der Waals surface area contributed by atoms with E-state index in [9.17, 15) is 4.79 Å². The lowest BCUT2D eigenvalue weighted by Gasteiger charge is -2.01. The molecule has 0 atom stereocenters. The second-order valence-corrected chi connectivity index (χ2v) is 4.55. The molecule has 3 rings (SSSR count). The maximum absolute atomic E-state index is 12.1. The number of ketones is 1. The standard InChI is InChI=1S/C12H9NOS/c14-12-9-4-2-1-3-8(9)5-6-10-11(12)13-7-15-10/h1-4,7H,5-6H2. The minimum Gasteiger partial charge on any atom is -0.287 e. The van der Waals surface area contributed by atoms with Gasteiger partial charge in [0.25, 0.3) is 0 Å². The van der Waals surface area contributed by atoms with Gasteiger partial charge in [-0.2, -0.15) is 0 Å². The number of nitrogens with zero attached hydrogens (tertiary/aromatic N) is 1. The number of hydrogen-bond acceptors (Lipinski definition) is 3. The van der Waals surface area contributed by atoms with Gasteiger partial charge >= 0.3 is 0 Å². The van der Waals surface area contributed by atoms with Crippen LogP contribution in [0.3, 0.4) is 0 Å². The number of aryl methyl sites for hydroxylation is 2. The molecule has 2 nitrogen and oxygen atoms in total. The summed E-state index contributed by atoms with van der Waals surface area (Å²) in [4.78, 5) is 17.4. The lowest BCUT2D eigenvalue weighted by Crippen LogP contribution is -2.03. The first-order valence-corrected chi connectivity index (χ1v) is 5.79. The van der Waals surface area contributed by atoms with Crippen molar-refractivity contribution < 1.29 is 4.79 Å². The quantitative estimate of drug-likeness (QED) is 0.675. The molecule has 0 spiro atoms. The van der Waals surface area contributed by atoms with Gasteiger partial charge in [0, 0.05) is 10.4 Å². The summed E-state index contributed by atoms with van der Waals surface area (Å²) in [6.07, 6.45) is 1.87. The van der Waals surface area contributed by atoms with Gasteiger partial charge in [-0.05, 0) is 18.4 Å². The van der Waals surface area contributed by atoms with Crippen LogP contribution in [0.2, 0.25) is 0 Å². The molecule has 1 aliphatic carbocycles. The summed E-state index contributed by atoms with van der Waals surface area (Å²) in [5.41, 5.74) is 4.39. The van der Waals surface area contributed by atoms with Gasteiger partial charge < -0.3 is 0 Å². The van der Waals surface area contributed by atoms with Gasteiger partial charge in [-0.15, -0.1) is 11.3 Å². The van der Waals surface area contributed by atoms with Crippen molar-refractivity contribution in [2.24, 2.45) is 0 Å². The van der Waals surface area contributed by atoms with Crippen LogP contribution in [0.4, 0.5) is 0 Å². The van der Waals surface area contributed by atoms with E-state index in [-0.39, 0.29) is 5.78 Å². The number of benzene rings is 1. The zero-order valence-corrected chi connectivity index (χ0v) is 8.88. The lowest BCUT2D eigenvalue weighted by atomic mass is 10.0.